The Labute approximate surface area is 93.4 Å². The summed E-state index contributed by atoms with van der Waals surface area (Å²) in [6.45, 7) is 1.33. The van der Waals surface area contributed by atoms with Gasteiger partial charge in [0.05, 0.1) is 0 Å². The molecular formula is C11H16F2N2O. The third kappa shape index (κ3) is 2.47. The van der Waals surface area contributed by atoms with Crippen molar-refractivity contribution in [3.8, 4) is 0 Å². The predicted molar refractivity (Wildman–Crippen MR) is 57.7 cm³/mol. The molecule has 2 N–H and O–H groups in total. The van der Waals surface area contributed by atoms with Crippen LogP contribution in [0, 0.1) is 5.92 Å². The number of ether oxygens (including phenoxy) is 1. The fourth-order valence-electron chi connectivity index (χ4n) is 2.17. The van der Waals surface area contributed by atoms with E-state index in [2.05, 4.69) is 4.99 Å². The van der Waals surface area contributed by atoms with Gasteiger partial charge in [-0.15, -0.1) is 0 Å². The molecule has 5 heteroatoms. The fourth-order valence-corrected chi connectivity index (χ4v) is 2.17. The van der Waals surface area contributed by atoms with Crippen molar-refractivity contribution < 1.29 is 13.5 Å². The van der Waals surface area contributed by atoms with Gasteiger partial charge in [0.2, 0.25) is 5.97 Å². The molecule has 2 unspecified atom stereocenters. The zero-order chi connectivity index (χ0) is 11.6. The van der Waals surface area contributed by atoms with Crippen LogP contribution in [0.1, 0.15) is 19.3 Å². The number of hydrogen-bond acceptors (Lipinski definition) is 3. The highest BCUT2D eigenvalue weighted by Crippen LogP contribution is 2.33. The topological polar surface area (TPSA) is 47.6 Å². The first-order valence-electron chi connectivity index (χ1n) is 5.55. The molecule has 0 aliphatic carbocycles. The van der Waals surface area contributed by atoms with Crippen LogP contribution < -0.4 is 5.73 Å². The number of halogens is 2. The lowest BCUT2D eigenvalue weighted by Crippen LogP contribution is -2.45. The maximum Gasteiger partial charge on any atom is 0.209 e. The van der Waals surface area contributed by atoms with Gasteiger partial charge in [-0.3, -0.25) is 0 Å². The van der Waals surface area contributed by atoms with Gasteiger partial charge in [-0.2, -0.15) is 4.39 Å². The summed E-state index contributed by atoms with van der Waals surface area (Å²) >= 11 is 0. The smallest absolute Gasteiger partial charge is 0.209 e. The highest BCUT2D eigenvalue weighted by Gasteiger charge is 2.39. The van der Waals surface area contributed by atoms with Gasteiger partial charge in [0, 0.05) is 13.2 Å². The first-order valence-corrected chi connectivity index (χ1v) is 5.55. The third-order valence-corrected chi connectivity index (χ3v) is 3.19. The first kappa shape index (κ1) is 11.7. The average Bonchev–Trinajstić information content (AvgIpc) is 2.26. The van der Waals surface area contributed by atoms with E-state index >= 15 is 0 Å². The minimum atomic E-state index is -1.71. The highest BCUT2D eigenvalue weighted by molar-refractivity contribution is 5.87. The Morgan fingerprint density at radius 2 is 2.19 bits per heavy atom. The molecular weight excluding hydrogens is 214 g/mol. The quantitative estimate of drug-likeness (QED) is 0.785. The summed E-state index contributed by atoms with van der Waals surface area (Å²) in [4.78, 5) is 3.44. The number of dihydropyridines is 1. The van der Waals surface area contributed by atoms with E-state index in [4.69, 9.17) is 10.5 Å². The molecule has 0 spiro atoms. The van der Waals surface area contributed by atoms with Gasteiger partial charge >= 0.3 is 0 Å². The average molecular weight is 230 g/mol. The van der Waals surface area contributed by atoms with E-state index in [9.17, 15) is 8.78 Å². The molecule has 1 fully saturated rings. The molecule has 1 saturated heterocycles. The molecule has 2 aliphatic rings. The van der Waals surface area contributed by atoms with Crippen LogP contribution in [0.4, 0.5) is 8.78 Å². The van der Waals surface area contributed by atoms with Crippen molar-refractivity contribution in [1.82, 2.24) is 0 Å². The van der Waals surface area contributed by atoms with Crippen molar-refractivity contribution in [2.24, 2.45) is 16.6 Å². The molecule has 2 aliphatic heterocycles. The number of rotatable bonds is 2. The maximum atomic E-state index is 14.4. The van der Waals surface area contributed by atoms with Crippen LogP contribution in [0.5, 0.6) is 0 Å². The summed E-state index contributed by atoms with van der Waals surface area (Å²) in [5, 5.41) is 0. The molecule has 0 saturated carbocycles. The molecule has 0 radical (unpaired) electrons. The van der Waals surface area contributed by atoms with Crippen LogP contribution in [-0.2, 0) is 4.74 Å². The van der Waals surface area contributed by atoms with Crippen molar-refractivity contribution in [3.05, 3.63) is 12.2 Å². The normalized spacial score (nSPS) is 36.2. The monoisotopic (exact) mass is 230 g/mol. The lowest BCUT2D eigenvalue weighted by Gasteiger charge is -2.33. The zero-order valence-corrected chi connectivity index (χ0v) is 9.03. The number of aliphatic imine (C=N–C) groups is 1. The summed E-state index contributed by atoms with van der Waals surface area (Å²) in [5.41, 5.74) is 3.83. The summed E-state index contributed by atoms with van der Waals surface area (Å²) in [5.74, 6) is -0.460. The molecule has 16 heavy (non-hydrogen) atoms. The van der Waals surface area contributed by atoms with E-state index in [1.54, 1.807) is 0 Å². The fraction of sp³-hybridized carbons (Fsp3) is 0.727. The SMILES string of the molecule is NC1N=C(F)C=CC1(F)CC1CCOCC1. The molecule has 2 heterocycles. The highest BCUT2D eigenvalue weighted by atomic mass is 19.1. The summed E-state index contributed by atoms with van der Waals surface area (Å²) in [6.07, 6.45) is 3.10. The van der Waals surface area contributed by atoms with Gasteiger partial charge in [0.25, 0.3) is 0 Å². The Balaban J connectivity index is 2.00. The van der Waals surface area contributed by atoms with Gasteiger partial charge in [-0.05, 0) is 37.3 Å². The number of nitrogens with two attached hydrogens (primary N) is 1. The van der Waals surface area contributed by atoms with Gasteiger partial charge in [0.15, 0.2) is 5.67 Å². The van der Waals surface area contributed by atoms with Crippen LogP contribution >= 0.6 is 0 Å². The minimum absolute atomic E-state index is 0.241. The van der Waals surface area contributed by atoms with Gasteiger partial charge < -0.3 is 10.5 Å². The molecule has 2 atom stereocenters. The number of nitrogens with zero attached hydrogens (tertiary/aromatic N) is 1. The molecule has 3 nitrogen and oxygen atoms in total. The van der Waals surface area contributed by atoms with E-state index in [0.29, 0.717) is 19.6 Å². The lowest BCUT2D eigenvalue weighted by atomic mass is 9.84. The van der Waals surface area contributed by atoms with E-state index in [1.807, 2.05) is 0 Å². The predicted octanol–water partition coefficient (Wildman–Crippen LogP) is 1.73. The van der Waals surface area contributed by atoms with E-state index in [0.717, 1.165) is 18.9 Å². The van der Waals surface area contributed by atoms with Crippen LogP contribution in [0.2, 0.25) is 0 Å². The Kier molecular flexibility index (Phi) is 3.35. The zero-order valence-electron chi connectivity index (χ0n) is 9.03. The van der Waals surface area contributed by atoms with Crippen LogP contribution in [0.3, 0.4) is 0 Å². The second kappa shape index (κ2) is 4.59. The Morgan fingerprint density at radius 3 is 2.81 bits per heavy atom. The maximum absolute atomic E-state index is 14.4. The van der Waals surface area contributed by atoms with Gasteiger partial charge in [0.1, 0.15) is 6.17 Å². The molecule has 90 valence electrons. The summed E-state index contributed by atoms with van der Waals surface area (Å²) in [6, 6.07) is 0. The van der Waals surface area contributed by atoms with Crippen LogP contribution in [-0.4, -0.2) is 31.0 Å². The van der Waals surface area contributed by atoms with Crippen LogP contribution in [0.25, 0.3) is 0 Å². The molecule has 0 aromatic heterocycles. The van der Waals surface area contributed by atoms with Crippen molar-refractivity contribution in [2.45, 2.75) is 31.1 Å². The Morgan fingerprint density at radius 1 is 1.50 bits per heavy atom. The van der Waals surface area contributed by atoms with Crippen molar-refractivity contribution in [1.29, 1.82) is 0 Å². The van der Waals surface area contributed by atoms with Crippen molar-refractivity contribution in [3.63, 3.8) is 0 Å². The largest absolute Gasteiger partial charge is 0.381 e. The minimum Gasteiger partial charge on any atom is -0.381 e. The standard InChI is InChI=1S/C11H16F2N2O/c12-9-1-4-11(13,10(14)15-9)7-8-2-5-16-6-3-8/h1,4,8,10H,2-3,5-7,14H2. The Bertz CT molecular complexity index is 313. The number of hydrogen-bond donors (Lipinski definition) is 1. The second-order valence-corrected chi connectivity index (χ2v) is 4.42. The molecule has 0 aromatic rings. The van der Waals surface area contributed by atoms with Gasteiger partial charge in [-0.1, -0.05) is 0 Å². The lowest BCUT2D eigenvalue weighted by molar-refractivity contribution is 0.0408. The summed E-state index contributed by atoms with van der Waals surface area (Å²) < 4.78 is 32.4. The van der Waals surface area contributed by atoms with Gasteiger partial charge in [-0.25, -0.2) is 9.38 Å². The van der Waals surface area contributed by atoms with E-state index in [1.165, 1.54) is 6.08 Å². The molecule has 0 amide bonds. The van der Waals surface area contributed by atoms with E-state index < -0.39 is 17.8 Å². The molecule has 0 bridgehead atoms. The molecule has 2 rings (SSSR count). The molecule has 0 aromatic carbocycles. The van der Waals surface area contributed by atoms with Crippen molar-refractivity contribution >= 4 is 5.97 Å². The third-order valence-electron chi connectivity index (χ3n) is 3.19. The summed E-state index contributed by atoms with van der Waals surface area (Å²) in [7, 11) is 0. The first-order chi connectivity index (χ1) is 7.60. The van der Waals surface area contributed by atoms with Crippen LogP contribution in [0.15, 0.2) is 17.1 Å². The number of allylic oxidation sites excluding steroid dienone is 1. The van der Waals surface area contributed by atoms with E-state index in [-0.39, 0.29) is 5.92 Å². The second-order valence-electron chi connectivity index (χ2n) is 4.42. The van der Waals surface area contributed by atoms with Crippen molar-refractivity contribution in [2.75, 3.05) is 13.2 Å². The number of alkyl halides is 1. The Hall–Kier alpha value is -0.810.